The molecule has 3 aromatic rings. The Morgan fingerprint density at radius 3 is 2.75 bits per heavy atom. The largest absolute Gasteiger partial charge is 0.354 e. The van der Waals surface area contributed by atoms with Crippen LogP contribution < -0.4 is 5.32 Å². The van der Waals surface area contributed by atoms with Gasteiger partial charge in [0.2, 0.25) is 5.91 Å². The lowest BCUT2D eigenvalue weighted by Gasteiger charge is -2.29. The van der Waals surface area contributed by atoms with Crippen LogP contribution in [0.15, 0.2) is 30.5 Å². The minimum atomic E-state index is -0.00155. The maximum absolute atomic E-state index is 12.7. The zero-order chi connectivity index (χ0) is 22.7. The summed E-state index contributed by atoms with van der Waals surface area (Å²) in [4.78, 5) is 19.7. The number of aromatic nitrogens is 3. The van der Waals surface area contributed by atoms with Gasteiger partial charge in [0.05, 0.1) is 12.2 Å². The fourth-order valence-corrected chi connectivity index (χ4v) is 4.79. The number of likely N-dealkylation sites (tertiary alicyclic amines) is 1. The van der Waals surface area contributed by atoms with Gasteiger partial charge in [-0.1, -0.05) is 29.8 Å². The zero-order valence-electron chi connectivity index (χ0n) is 18.4. The predicted octanol–water partition coefficient (Wildman–Crippen LogP) is 3.76. The van der Waals surface area contributed by atoms with Gasteiger partial charge in [-0.25, -0.2) is 9.50 Å². The molecule has 1 atom stereocenters. The lowest BCUT2D eigenvalue weighted by molar-refractivity contribution is -0.121. The van der Waals surface area contributed by atoms with E-state index >= 15 is 0 Å². The molecule has 0 bridgehead atoms. The quantitative estimate of drug-likeness (QED) is 0.592. The van der Waals surface area contributed by atoms with Crippen LogP contribution in [-0.4, -0.2) is 45.0 Å². The Labute approximate surface area is 193 Å². The lowest BCUT2D eigenvalue weighted by Crippen LogP contribution is -2.37. The van der Waals surface area contributed by atoms with Gasteiger partial charge in [0, 0.05) is 29.4 Å². The Morgan fingerprint density at radius 1 is 1.28 bits per heavy atom. The molecule has 32 heavy (non-hydrogen) atoms. The van der Waals surface area contributed by atoms with E-state index < -0.39 is 0 Å². The molecule has 0 radical (unpaired) electrons. The fraction of sp³-hybridized carbons (Fsp3) is 0.417. The number of nitrogens with one attached hydrogen (secondary N) is 1. The zero-order valence-corrected chi connectivity index (χ0v) is 19.2. The fourth-order valence-electron chi connectivity index (χ4n) is 4.52. The van der Waals surface area contributed by atoms with Crippen LogP contribution in [0.1, 0.15) is 53.4 Å². The van der Waals surface area contributed by atoms with Crippen LogP contribution in [0, 0.1) is 25.2 Å². The van der Waals surface area contributed by atoms with Crippen molar-refractivity contribution in [1.82, 2.24) is 24.8 Å². The first-order chi connectivity index (χ1) is 15.5. The molecule has 8 heteroatoms. The Kier molecular flexibility index (Phi) is 6.73. The van der Waals surface area contributed by atoms with E-state index in [4.69, 9.17) is 11.6 Å². The van der Waals surface area contributed by atoms with Crippen molar-refractivity contribution in [1.29, 1.82) is 5.26 Å². The number of halogens is 1. The first-order valence-electron chi connectivity index (χ1n) is 11.0. The summed E-state index contributed by atoms with van der Waals surface area (Å²) >= 11 is 6.47. The van der Waals surface area contributed by atoms with E-state index in [1.165, 1.54) is 19.0 Å². The molecule has 1 aromatic carbocycles. The van der Waals surface area contributed by atoms with Gasteiger partial charge < -0.3 is 5.32 Å². The van der Waals surface area contributed by atoms with Crippen molar-refractivity contribution in [2.24, 2.45) is 0 Å². The number of aryl methyl sites for hydroxylation is 2. The van der Waals surface area contributed by atoms with Gasteiger partial charge in [-0.05, 0) is 63.4 Å². The summed E-state index contributed by atoms with van der Waals surface area (Å²) in [7, 11) is 0. The molecule has 1 saturated heterocycles. The highest BCUT2D eigenvalue weighted by Gasteiger charge is 2.25. The number of nitrogens with zero attached hydrogens (tertiary/aromatic N) is 5. The Hall–Kier alpha value is -2.95. The number of carbonyl (C=O) groups is 1. The second-order valence-corrected chi connectivity index (χ2v) is 8.66. The molecule has 4 rings (SSSR count). The number of nitriles is 1. The number of amides is 1. The molecule has 1 unspecified atom stereocenters. The molecule has 1 amide bonds. The molecule has 2 aromatic heterocycles. The number of fused-ring (bicyclic) bond motifs is 1. The highest BCUT2D eigenvalue weighted by molar-refractivity contribution is 6.31. The molecule has 7 nitrogen and oxygen atoms in total. The van der Waals surface area contributed by atoms with Crippen LogP contribution in [0.4, 0.5) is 0 Å². The molecule has 166 valence electrons. The van der Waals surface area contributed by atoms with Crippen molar-refractivity contribution in [3.05, 3.63) is 63.6 Å². The van der Waals surface area contributed by atoms with E-state index in [1.807, 2.05) is 38.1 Å². The highest BCUT2D eigenvalue weighted by atomic mass is 35.5. The van der Waals surface area contributed by atoms with Crippen molar-refractivity contribution < 1.29 is 4.79 Å². The number of benzene rings is 1. The maximum Gasteiger partial charge on any atom is 0.220 e. The molecule has 0 spiro atoms. The Bertz CT molecular complexity index is 1180. The molecule has 1 aliphatic heterocycles. The second-order valence-electron chi connectivity index (χ2n) is 8.25. The summed E-state index contributed by atoms with van der Waals surface area (Å²) in [6.45, 7) is 6.43. The van der Waals surface area contributed by atoms with E-state index in [0.29, 0.717) is 30.6 Å². The van der Waals surface area contributed by atoms with E-state index in [0.717, 1.165) is 40.6 Å². The van der Waals surface area contributed by atoms with Crippen LogP contribution in [-0.2, 0) is 11.2 Å². The minimum Gasteiger partial charge on any atom is -0.354 e. The molecule has 1 fully saturated rings. The summed E-state index contributed by atoms with van der Waals surface area (Å²) in [5.74, 6) is -0.00155. The third-order valence-electron chi connectivity index (χ3n) is 6.27. The molecular formula is C24H27ClN6O. The van der Waals surface area contributed by atoms with Gasteiger partial charge in [-0.2, -0.15) is 10.4 Å². The van der Waals surface area contributed by atoms with E-state index in [-0.39, 0.29) is 11.9 Å². The summed E-state index contributed by atoms with van der Waals surface area (Å²) in [6.07, 6.45) is 4.79. The lowest BCUT2D eigenvalue weighted by atomic mass is 10.0. The van der Waals surface area contributed by atoms with Gasteiger partial charge in [0.25, 0.3) is 0 Å². The monoisotopic (exact) mass is 450 g/mol. The molecule has 1 N–H and O–H groups in total. The molecule has 0 aliphatic carbocycles. The summed E-state index contributed by atoms with van der Waals surface area (Å²) in [5, 5.41) is 17.4. The van der Waals surface area contributed by atoms with Crippen LogP contribution in [0.5, 0.6) is 0 Å². The predicted molar refractivity (Wildman–Crippen MR) is 124 cm³/mol. The van der Waals surface area contributed by atoms with Gasteiger partial charge >= 0.3 is 0 Å². The van der Waals surface area contributed by atoms with Crippen molar-refractivity contribution >= 4 is 23.2 Å². The van der Waals surface area contributed by atoms with Crippen LogP contribution >= 0.6 is 11.6 Å². The van der Waals surface area contributed by atoms with Crippen molar-refractivity contribution in [3.63, 3.8) is 0 Å². The molecular weight excluding hydrogens is 424 g/mol. The second kappa shape index (κ2) is 9.68. The molecule has 1 aliphatic rings. The smallest absolute Gasteiger partial charge is 0.220 e. The maximum atomic E-state index is 12.7. The van der Waals surface area contributed by atoms with E-state index in [9.17, 15) is 10.1 Å². The average molecular weight is 451 g/mol. The average Bonchev–Trinajstić information content (AvgIpc) is 3.45. The summed E-state index contributed by atoms with van der Waals surface area (Å²) < 4.78 is 1.68. The number of hydrogen-bond donors (Lipinski definition) is 1. The molecule has 0 saturated carbocycles. The third kappa shape index (κ3) is 4.47. The van der Waals surface area contributed by atoms with Crippen molar-refractivity contribution in [2.75, 3.05) is 19.6 Å². The van der Waals surface area contributed by atoms with Gasteiger partial charge in [-0.3, -0.25) is 9.69 Å². The van der Waals surface area contributed by atoms with Crippen molar-refractivity contribution in [2.45, 2.75) is 45.6 Å². The van der Waals surface area contributed by atoms with E-state index in [1.54, 1.807) is 4.52 Å². The summed E-state index contributed by atoms with van der Waals surface area (Å²) in [6, 6.07) is 10.1. The highest BCUT2D eigenvalue weighted by Crippen LogP contribution is 2.29. The molecule has 3 heterocycles. The normalized spacial score (nSPS) is 15.1. The number of hydrogen-bond acceptors (Lipinski definition) is 5. The number of carbonyl (C=O) groups excluding carboxylic acids is 1. The first-order valence-corrected chi connectivity index (χ1v) is 11.4. The Balaban J connectivity index is 1.43. The number of rotatable bonds is 7. The van der Waals surface area contributed by atoms with Crippen molar-refractivity contribution in [3.8, 4) is 6.07 Å². The first kappa shape index (κ1) is 22.3. The van der Waals surface area contributed by atoms with E-state index in [2.05, 4.69) is 26.4 Å². The SMILES string of the molecule is Cc1nc2c(C#N)cnn2c(C)c1CCC(=O)NCC(c1ccccc1Cl)N1CCCC1. The standard InChI is InChI=1S/C24H27ClN6O/c1-16-19(17(2)31-24(29-16)18(13-26)14-28-31)9-10-23(32)27-15-22(30-11-5-6-12-30)20-7-3-4-8-21(20)25/h3-4,7-8,14,22H,5-6,9-12,15H2,1-2H3,(H,27,32). The van der Waals surface area contributed by atoms with Gasteiger partial charge in [-0.15, -0.1) is 0 Å². The van der Waals surface area contributed by atoms with Gasteiger partial charge in [0.15, 0.2) is 5.65 Å². The van der Waals surface area contributed by atoms with Crippen LogP contribution in [0.2, 0.25) is 5.02 Å². The minimum absolute atomic E-state index is 0.00155. The summed E-state index contributed by atoms with van der Waals surface area (Å²) in [5.41, 5.74) is 4.79. The Morgan fingerprint density at radius 2 is 2.03 bits per heavy atom. The third-order valence-corrected chi connectivity index (χ3v) is 6.61. The van der Waals surface area contributed by atoms with Gasteiger partial charge in [0.1, 0.15) is 11.6 Å². The van der Waals surface area contributed by atoms with Crippen LogP contribution in [0.3, 0.4) is 0 Å². The topological polar surface area (TPSA) is 86.3 Å². The van der Waals surface area contributed by atoms with Crippen LogP contribution in [0.25, 0.3) is 5.65 Å².